The van der Waals surface area contributed by atoms with Gasteiger partial charge < -0.3 is 18.9 Å². The molecule has 0 atom stereocenters. The monoisotopic (exact) mass is 770 g/mol. The number of nitro benzene ring substituents is 2. The van der Waals surface area contributed by atoms with E-state index in [1.807, 2.05) is 0 Å². The van der Waals surface area contributed by atoms with Gasteiger partial charge in [0.2, 0.25) is 11.8 Å². The van der Waals surface area contributed by atoms with Crippen LogP contribution in [0, 0.1) is 20.2 Å². The zero-order valence-corrected chi connectivity index (χ0v) is 28.5. The molecule has 0 N–H and O–H groups in total. The molecule has 5 amide bonds. The van der Waals surface area contributed by atoms with Crippen molar-refractivity contribution >= 4 is 47.3 Å². The first-order chi connectivity index (χ1) is 26.4. The second-order valence-corrected chi connectivity index (χ2v) is 10.8. The molecule has 0 unspecified atom stereocenters. The SMILES string of the molecule is [N-]=[N+]=NCCCOc1ccc([N+](=O)[O-])c(COC(=O)N2C(=O)CCC2=O)c1.[N-]=[N+]=NCCCOc1ccc([N+](=O)[O-])c(COC(=O)ON2C(=O)CCC2=O)c1. The van der Waals surface area contributed by atoms with Gasteiger partial charge in [0.15, 0.2) is 0 Å². The summed E-state index contributed by atoms with van der Waals surface area (Å²) in [5, 5.41) is 29.3. The standard InChI is InChI=1S/C15H15N5O8.C15H15N5O7/c16-18-17-6-1-7-26-11-2-3-12(20(24)25)10(8-11)9-27-15(23)28-19-13(21)4-5-14(19)22;16-18-17-6-1-7-26-11-2-3-12(20(24)25)10(8-11)9-27-15(23)19-13(21)4-5-14(19)22/h2-3,8H,1,4-7,9H2;2-3,8H,1,4-7,9H2. The highest BCUT2D eigenvalue weighted by molar-refractivity contribution is 6.13. The zero-order chi connectivity index (χ0) is 40.3. The maximum absolute atomic E-state index is 11.9. The minimum Gasteiger partial charge on any atom is -0.494 e. The van der Waals surface area contributed by atoms with Crippen LogP contribution in [0.2, 0.25) is 0 Å². The number of nitro groups is 2. The van der Waals surface area contributed by atoms with Crippen molar-refractivity contribution in [2.45, 2.75) is 51.7 Å². The third-order valence-electron chi connectivity index (χ3n) is 7.07. The van der Waals surface area contributed by atoms with Crippen LogP contribution in [0.25, 0.3) is 20.9 Å². The average Bonchev–Trinajstić information content (AvgIpc) is 3.67. The van der Waals surface area contributed by atoms with E-state index in [9.17, 15) is 49.0 Å². The Bertz CT molecular complexity index is 1900. The number of imide groups is 4. The van der Waals surface area contributed by atoms with Gasteiger partial charge in [-0.2, -0.15) is 4.90 Å². The Balaban J connectivity index is 0.000000296. The third kappa shape index (κ3) is 12.9. The van der Waals surface area contributed by atoms with E-state index >= 15 is 0 Å². The highest BCUT2D eigenvalue weighted by Crippen LogP contribution is 2.27. The lowest BCUT2D eigenvalue weighted by Crippen LogP contribution is -2.35. The first-order valence-electron chi connectivity index (χ1n) is 15.9. The molecule has 0 radical (unpaired) electrons. The summed E-state index contributed by atoms with van der Waals surface area (Å²) >= 11 is 0. The number of amides is 5. The van der Waals surface area contributed by atoms with Gasteiger partial charge in [0, 0.05) is 60.7 Å². The fourth-order valence-electron chi connectivity index (χ4n) is 4.51. The van der Waals surface area contributed by atoms with Crippen LogP contribution in [0.15, 0.2) is 46.6 Å². The van der Waals surface area contributed by atoms with Gasteiger partial charge in [-0.1, -0.05) is 15.3 Å². The smallest absolute Gasteiger partial charge is 0.494 e. The fraction of sp³-hybridized carbons (Fsp3) is 0.400. The number of benzene rings is 2. The number of azide groups is 2. The number of carbonyl (C=O) groups is 6. The molecule has 25 heteroatoms. The van der Waals surface area contributed by atoms with Crippen molar-refractivity contribution in [1.82, 2.24) is 9.96 Å². The predicted octanol–water partition coefficient (Wildman–Crippen LogP) is 4.85. The first kappa shape index (κ1) is 41.9. The molecule has 0 aromatic heterocycles. The summed E-state index contributed by atoms with van der Waals surface area (Å²) in [6, 6.07) is 7.76. The Morgan fingerprint density at radius 2 is 1.15 bits per heavy atom. The quantitative estimate of drug-likeness (QED) is 0.0303. The van der Waals surface area contributed by atoms with Crippen molar-refractivity contribution < 1.29 is 62.4 Å². The van der Waals surface area contributed by atoms with Gasteiger partial charge in [-0.3, -0.25) is 44.2 Å². The minimum absolute atomic E-state index is 0.0218. The minimum atomic E-state index is -1.35. The van der Waals surface area contributed by atoms with Crippen molar-refractivity contribution in [3.05, 3.63) is 88.6 Å². The molecule has 2 saturated heterocycles. The molecule has 2 heterocycles. The van der Waals surface area contributed by atoms with Crippen LogP contribution < -0.4 is 9.47 Å². The van der Waals surface area contributed by atoms with Gasteiger partial charge in [0.25, 0.3) is 23.2 Å². The summed E-state index contributed by atoms with van der Waals surface area (Å²) in [4.78, 5) is 100. The molecule has 0 bridgehead atoms. The summed E-state index contributed by atoms with van der Waals surface area (Å²) in [6.45, 7) is -0.153. The van der Waals surface area contributed by atoms with Gasteiger partial charge in [0.05, 0.1) is 34.2 Å². The summed E-state index contributed by atoms with van der Waals surface area (Å²) in [7, 11) is 0. The second-order valence-electron chi connectivity index (χ2n) is 10.8. The van der Waals surface area contributed by atoms with Gasteiger partial charge in [0.1, 0.15) is 24.7 Å². The van der Waals surface area contributed by atoms with E-state index in [0.717, 1.165) is 0 Å². The number of nitrogens with zero attached hydrogens (tertiary/aromatic N) is 10. The van der Waals surface area contributed by atoms with E-state index in [2.05, 4.69) is 24.9 Å². The Hall–Kier alpha value is -7.52. The molecule has 2 fully saturated rings. The molecule has 4 rings (SSSR count). The third-order valence-corrected chi connectivity index (χ3v) is 7.07. The predicted molar refractivity (Wildman–Crippen MR) is 178 cm³/mol. The number of carbonyl (C=O) groups excluding carboxylic acids is 6. The summed E-state index contributed by atoms with van der Waals surface area (Å²) in [5.74, 6) is -2.12. The van der Waals surface area contributed by atoms with Crippen LogP contribution in [-0.2, 0) is 46.7 Å². The van der Waals surface area contributed by atoms with E-state index in [1.165, 1.54) is 36.4 Å². The maximum Gasteiger partial charge on any atom is 0.534 e. The molecule has 2 aliphatic heterocycles. The van der Waals surface area contributed by atoms with Crippen molar-refractivity contribution in [3.63, 3.8) is 0 Å². The molecule has 2 aliphatic rings. The molecular formula is C30H30N10O15. The number of hydroxylamine groups is 2. The van der Waals surface area contributed by atoms with E-state index in [-0.39, 0.29) is 80.2 Å². The molecule has 2 aromatic rings. The van der Waals surface area contributed by atoms with Crippen molar-refractivity contribution in [2.75, 3.05) is 26.3 Å². The lowest BCUT2D eigenvalue weighted by Gasteiger charge is -2.13. The summed E-state index contributed by atoms with van der Waals surface area (Å²) in [5.41, 5.74) is 15.8. The highest BCUT2D eigenvalue weighted by Gasteiger charge is 2.36. The fourth-order valence-corrected chi connectivity index (χ4v) is 4.51. The van der Waals surface area contributed by atoms with Crippen LogP contribution in [0.5, 0.6) is 11.5 Å². The van der Waals surface area contributed by atoms with Crippen LogP contribution in [0.3, 0.4) is 0 Å². The van der Waals surface area contributed by atoms with Crippen molar-refractivity contribution in [1.29, 1.82) is 0 Å². The first-order valence-corrected chi connectivity index (χ1v) is 15.9. The van der Waals surface area contributed by atoms with Crippen LogP contribution in [0.1, 0.15) is 49.7 Å². The van der Waals surface area contributed by atoms with Crippen LogP contribution in [-0.4, -0.2) is 82.0 Å². The number of hydrogen-bond donors (Lipinski definition) is 0. The molecular weight excluding hydrogens is 740 g/mol. The Labute approximate surface area is 308 Å². The van der Waals surface area contributed by atoms with E-state index in [4.69, 9.17) is 30.0 Å². The Kier molecular flexibility index (Phi) is 16.1. The summed E-state index contributed by atoms with van der Waals surface area (Å²) < 4.78 is 20.5. The van der Waals surface area contributed by atoms with E-state index < -0.39 is 58.9 Å². The largest absolute Gasteiger partial charge is 0.534 e. The normalized spacial score (nSPS) is 13.2. The Morgan fingerprint density at radius 1 is 0.709 bits per heavy atom. The highest BCUT2D eigenvalue weighted by atomic mass is 16.8. The molecule has 25 nitrogen and oxygen atoms in total. The molecule has 0 aliphatic carbocycles. The zero-order valence-electron chi connectivity index (χ0n) is 28.5. The molecule has 290 valence electrons. The molecule has 0 spiro atoms. The van der Waals surface area contributed by atoms with Gasteiger partial charge in [-0.25, -0.2) is 9.59 Å². The molecule has 0 saturated carbocycles. The van der Waals surface area contributed by atoms with E-state index in [1.54, 1.807) is 0 Å². The number of rotatable bonds is 17. The molecule has 55 heavy (non-hydrogen) atoms. The Morgan fingerprint density at radius 3 is 1.58 bits per heavy atom. The number of likely N-dealkylation sites (tertiary alicyclic amines) is 1. The van der Waals surface area contributed by atoms with E-state index in [0.29, 0.717) is 28.6 Å². The lowest BCUT2D eigenvalue weighted by atomic mass is 10.2. The number of hydrogen-bond acceptors (Lipinski definition) is 17. The van der Waals surface area contributed by atoms with Crippen molar-refractivity contribution in [3.8, 4) is 11.5 Å². The second kappa shape index (κ2) is 21.1. The molecule has 2 aromatic carbocycles. The average molecular weight is 771 g/mol. The van der Waals surface area contributed by atoms with Crippen LogP contribution >= 0.6 is 0 Å². The van der Waals surface area contributed by atoms with Gasteiger partial charge in [-0.05, 0) is 48.2 Å². The van der Waals surface area contributed by atoms with Gasteiger partial charge in [-0.15, -0.1) is 0 Å². The number of ether oxygens (including phenoxy) is 4. The topological polar surface area (TPSA) is 339 Å². The van der Waals surface area contributed by atoms with Crippen LogP contribution in [0.4, 0.5) is 21.0 Å². The lowest BCUT2D eigenvalue weighted by molar-refractivity contribution is -0.386. The van der Waals surface area contributed by atoms with Gasteiger partial charge >= 0.3 is 12.2 Å². The summed E-state index contributed by atoms with van der Waals surface area (Å²) in [6.07, 6.45) is -1.92. The van der Waals surface area contributed by atoms with Crippen molar-refractivity contribution in [2.24, 2.45) is 10.2 Å². The maximum atomic E-state index is 11.9.